The molecule has 1 aliphatic carbocycles. The second kappa shape index (κ2) is 9.48. The average Bonchev–Trinajstić information content (AvgIpc) is 3.27. The largest absolute Gasteiger partial charge is 0.478 e. The minimum Gasteiger partial charge on any atom is -0.478 e. The summed E-state index contributed by atoms with van der Waals surface area (Å²) in [4.78, 5) is 29.5. The van der Waals surface area contributed by atoms with Crippen molar-refractivity contribution < 1.29 is 19.4 Å². The first kappa shape index (κ1) is 25.6. The Balaban J connectivity index is 1.45. The van der Waals surface area contributed by atoms with Crippen molar-refractivity contribution in [2.45, 2.75) is 51.2 Å². The number of alkyl carbamates (subject to hydrolysis) is 1. The number of carbonyl (C=O) groups excluding carboxylic acids is 1. The van der Waals surface area contributed by atoms with Crippen molar-refractivity contribution >= 4 is 28.6 Å². The van der Waals surface area contributed by atoms with Crippen molar-refractivity contribution in [2.75, 3.05) is 0 Å². The lowest BCUT2D eigenvalue weighted by atomic mass is 9.71. The first-order valence-corrected chi connectivity index (χ1v) is 13.4. The average molecular weight is 535 g/mol. The van der Waals surface area contributed by atoms with E-state index in [-0.39, 0.29) is 5.56 Å². The van der Waals surface area contributed by atoms with E-state index in [0.717, 1.165) is 47.2 Å². The highest BCUT2D eigenvalue weighted by Crippen LogP contribution is 2.42. The molecule has 2 N–H and O–H groups in total. The fourth-order valence-electron chi connectivity index (χ4n) is 5.35. The number of carbonyl (C=O) groups is 2. The highest BCUT2D eigenvalue weighted by molar-refractivity contribution is 6.06. The molecule has 3 aromatic carbocycles. The second-order valence-electron chi connectivity index (χ2n) is 11.3. The van der Waals surface area contributed by atoms with Crippen LogP contribution < -0.4 is 5.32 Å². The van der Waals surface area contributed by atoms with Crippen LogP contribution in [0.15, 0.2) is 79.0 Å². The maximum absolute atomic E-state index is 12.6. The van der Waals surface area contributed by atoms with E-state index in [1.165, 1.54) is 0 Å². The van der Waals surface area contributed by atoms with E-state index in [0.29, 0.717) is 16.6 Å². The Hall–Kier alpha value is -4.72. The van der Waals surface area contributed by atoms with Crippen LogP contribution in [0, 0.1) is 0 Å². The molecule has 8 heteroatoms. The van der Waals surface area contributed by atoms with Gasteiger partial charge in [0.1, 0.15) is 11.1 Å². The lowest BCUT2D eigenvalue weighted by Crippen LogP contribution is -2.52. The van der Waals surface area contributed by atoms with Crippen LogP contribution in [0.5, 0.6) is 0 Å². The first-order chi connectivity index (χ1) is 19.1. The van der Waals surface area contributed by atoms with Crippen molar-refractivity contribution in [3.63, 3.8) is 0 Å². The summed E-state index contributed by atoms with van der Waals surface area (Å²) in [7, 11) is 0. The lowest BCUT2D eigenvalue weighted by Gasteiger charge is -2.43. The van der Waals surface area contributed by atoms with Gasteiger partial charge in [-0.2, -0.15) is 5.10 Å². The van der Waals surface area contributed by atoms with Gasteiger partial charge in [-0.05, 0) is 63.3 Å². The molecule has 0 saturated heterocycles. The summed E-state index contributed by atoms with van der Waals surface area (Å²) in [5.41, 5.74) is 4.63. The molecule has 0 aliphatic heterocycles. The molecule has 2 aromatic heterocycles. The molecule has 1 fully saturated rings. The van der Waals surface area contributed by atoms with Gasteiger partial charge in [-0.1, -0.05) is 60.7 Å². The van der Waals surface area contributed by atoms with Gasteiger partial charge in [0.15, 0.2) is 5.65 Å². The quantitative estimate of drug-likeness (QED) is 0.256. The van der Waals surface area contributed by atoms with Crippen molar-refractivity contribution in [2.24, 2.45) is 0 Å². The molecule has 6 rings (SSSR count). The molecule has 2 heterocycles. The predicted octanol–water partition coefficient (Wildman–Crippen LogP) is 6.82. The third kappa shape index (κ3) is 4.55. The summed E-state index contributed by atoms with van der Waals surface area (Å²) >= 11 is 0. The second-order valence-corrected chi connectivity index (χ2v) is 11.3. The number of rotatable bonds is 5. The molecule has 0 unspecified atom stereocenters. The summed E-state index contributed by atoms with van der Waals surface area (Å²) in [5, 5.41) is 18.1. The smallest absolute Gasteiger partial charge is 0.408 e. The van der Waals surface area contributed by atoms with Crippen molar-refractivity contribution in [3.8, 4) is 22.4 Å². The fourth-order valence-corrected chi connectivity index (χ4v) is 5.35. The van der Waals surface area contributed by atoms with Gasteiger partial charge in [-0.25, -0.2) is 19.1 Å². The minimum absolute atomic E-state index is 0.137. The number of aromatic nitrogens is 3. The topological polar surface area (TPSA) is 106 Å². The number of ether oxygens (including phenoxy) is 1. The van der Waals surface area contributed by atoms with Crippen LogP contribution in [-0.4, -0.2) is 37.4 Å². The fraction of sp³-hybridized carbons (Fsp3) is 0.250. The van der Waals surface area contributed by atoms with Gasteiger partial charge < -0.3 is 15.2 Å². The monoisotopic (exact) mass is 534 g/mol. The van der Waals surface area contributed by atoms with Gasteiger partial charge in [-0.15, -0.1) is 0 Å². The van der Waals surface area contributed by atoms with E-state index in [1.807, 2.05) is 87.6 Å². The maximum atomic E-state index is 12.6. The van der Waals surface area contributed by atoms with E-state index >= 15 is 0 Å². The van der Waals surface area contributed by atoms with E-state index in [9.17, 15) is 14.7 Å². The van der Waals surface area contributed by atoms with E-state index in [1.54, 1.807) is 16.6 Å². The molecular formula is C32H30N4O4. The summed E-state index contributed by atoms with van der Waals surface area (Å²) < 4.78 is 7.19. The third-order valence-electron chi connectivity index (χ3n) is 7.40. The Kier molecular flexibility index (Phi) is 6.06. The van der Waals surface area contributed by atoms with E-state index < -0.39 is 23.2 Å². The molecule has 202 valence electrons. The van der Waals surface area contributed by atoms with Gasteiger partial charge >= 0.3 is 12.1 Å². The number of hydrogen-bond donors (Lipinski definition) is 2. The summed E-state index contributed by atoms with van der Waals surface area (Å²) in [6.07, 6.45) is 4.21. The number of fused-ring (bicyclic) bond motifs is 3. The van der Waals surface area contributed by atoms with Crippen molar-refractivity contribution in [3.05, 3.63) is 90.1 Å². The Morgan fingerprint density at radius 2 is 1.68 bits per heavy atom. The third-order valence-corrected chi connectivity index (χ3v) is 7.40. The molecule has 1 amide bonds. The number of nitrogens with one attached hydrogen (secondary N) is 1. The molecule has 0 radical (unpaired) electrons. The van der Waals surface area contributed by atoms with Crippen LogP contribution in [0.25, 0.3) is 38.9 Å². The number of benzene rings is 3. The normalized spacial score (nSPS) is 14.6. The maximum Gasteiger partial charge on any atom is 0.408 e. The molecule has 8 nitrogen and oxygen atoms in total. The van der Waals surface area contributed by atoms with Crippen LogP contribution >= 0.6 is 0 Å². The zero-order valence-corrected chi connectivity index (χ0v) is 22.6. The molecule has 5 aromatic rings. The summed E-state index contributed by atoms with van der Waals surface area (Å²) in [6, 6.07) is 23.2. The zero-order chi connectivity index (χ0) is 28.1. The predicted molar refractivity (Wildman–Crippen MR) is 153 cm³/mol. The number of amides is 1. The minimum atomic E-state index is -1.03. The standard InChI is InChI=1S/C32H30N4O4/c1-31(2,3)40-30(39)34-32(17-8-18-32)22-15-13-21(14-16-22)26-25(20-9-5-4-6-10-20)19-36-28(33-26)23-11-7-12-24(29(37)38)27(23)35-36/h4-7,9-16,19H,8,17-18H2,1-3H3,(H,34,39)(H,37,38). The summed E-state index contributed by atoms with van der Waals surface area (Å²) in [5.74, 6) is -1.03. The first-order valence-electron chi connectivity index (χ1n) is 13.4. The number of carboxylic acid groups (broad SMARTS) is 1. The lowest BCUT2D eigenvalue weighted by molar-refractivity contribution is 0.0377. The molecule has 0 spiro atoms. The van der Waals surface area contributed by atoms with Crippen LogP contribution in [-0.2, 0) is 10.3 Å². The van der Waals surface area contributed by atoms with Crippen LogP contribution in [0.4, 0.5) is 4.79 Å². The SMILES string of the molecule is CC(C)(C)OC(=O)NC1(c2ccc(-c3nc4c5cccc(C(=O)O)c5nn4cc3-c3ccccc3)cc2)CCC1. The van der Waals surface area contributed by atoms with Gasteiger partial charge in [-0.3, -0.25) is 0 Å². The molecule has 0 bridgehead atoms. The number of hydrogen-bond acceptors (Lipinski definition) is 5. The Morgan fingerprint density at radius 1 is 0.950 bits per heavy atom. The molecule has 40 heavy (non-hydrogen) atoms. The zero-order valence-electron chi connectivity index (χ0n) is 22.6. The number of aromatic carboxylic acids is 1. The van der Waals surface area contributed by atoms with Crippen LogP contribution in [0.2, 0.25) is 0 Å². The van der Waals surface area contributed by atoms with Gasteiger partial charge in [0, 0.05) is 22.7 Å². The Labute approximate surface area is 231 Å². The molecule has 0 atom stereocenters. The van der Waals surface area contributed by atoms with E-state index in [2.05, 4.69) is 10.4 Å². The van der Waals surface area contributed by atoms with Crippen LogP contribution in [0.3, 0.4) is 0 Å². The summed E-state index contributed by atoms with van der Waals surface area (Å²) in [6.45, 7) is 5.57. The molecule has 1 aliphatic rings. The Morgan fingerprint density at radius 3 is 2.30 bits per heavy atom. The van der Waals surface area contributed by atoms with Crippen LogP contribution in [0.1, 0.15) is 56.0 Å². The molecular weight excluding hydrogens is 504 g/mol. The van der Waals surface area contributed by atoms with Gasteiger partial charge in [0.2, 0.25) is 0 Å². The highest BCUT2D eigenvalue weighted by Gasteiger charge is 2.41. The number of nitrogens with zero attached hydrogens (tertiary/aromatic N) is 3. The number of carboxylic acids is 1. The van der Waals surface area contributed by atoms with Gasteiger partial charge in [0.05, 0.1) is 16.8 Å². The molecule has 1 saturated carbocycles. The Bertz CT molecular complexity index is 1750. The van der Waals surface area contributed by atoms with E-state index in [4.69, 9.17) is 9.72 Å². The van der Waals surface area contributed by atoms with Crippen molar-refractivity contribution in [1.82, 2.24) is 19.9 Å². The highest BCUT2D eigenvalue weighted by atomic mass is 16.6. The van der Waals surface area contributed by atoms with Crippen molar-refractivity contribution in [1.29, 1.82) is 0 Å². The van der Waals surface area contributed by atoms with Gasteiger partial charge in [0.25, 0.3) is 0 Å².